The Morgan fingerprint density at radius 2 is 1.84 bits per heavy atom. The summed E-state index contributed by atoms with van der Waals surface area (Å²) >= 11 is 0. The second kappa shape index (κ2) is 8.83. The highest BCUT2D eigenvalue weighted by Crippen LogP contribution is 2.15. The molecule has 0 saturated carbocycles. The Labute approximate surface area is 153 Å². The number of nitrogens with two attached hydrogens (primary N) is 1. The molecule has 6 heteroatoms. The summed E-state index contributed by atoms with van der Waals surface area (Å²) < 4.78 is 13.8. The predicted molar refractivity (Wildman–Crippen MR) is 100 cm³/mol. The zero-order valence-corrected chi connectivity index (χ0v) is 14.8. The van der Waals surface area contributed by atoms with Gasteiger partial charge >= 0.3 is 0 Å². The first-order valence-corrected chi connectivity index (χ1v) is 8.24. The molecular formula is C19H23ClFN3O. The first kappa shape index (κ1) is 19.2. The van der Waals surface area contributed by atoms with Gasteiger partial charge in [-0.1, -0.05) is 24.3 Å². The van der Waals surface area contributed by atoms with Crippen LogP contribution in [0, 0.1) is 5.82 Å². The van der Waals surface area contributed by atoms with Crippen molar-refractivity contribution in [1.29, 1.82) is 0 Å². The quantitative estimate of drug-likeness (QED) is 0.852. The van der Waals surface area contributed by atoms with Gasteiger partial charge < -0.3 is 10.6 Å². The molecule has 2 aromatic rings. The van der Waals surface area contributed by atoms with Gasteiger partial charge in [-0.3, -0.25) is 9.69 Å². The number of halogens is 2. The SMILES string of the molecule is Cl.Nc1cccc(CN2CCCN(C(=O)c3ccccc3F)CC2)c1. The van der Waals surface area contributed by atoms with E-state index in [1.807, 2.05) is 18.2 Å². The van der Waals surface area contributed by atoms with Crippen molar-refractivity contribution in [2.24, 2.45) is 0 Å². The molecule has 134 valence electrons. The molecule has 2 N–H and O–H groups in total. The zero-order valence-electron chi connectivity index (χ0n) is 14.0. The third-order valence-corrected chi connectivity index (χ3v) is 4.34. The van der Waals surface area contributed by atoms with Crippen LogP contribution in [0.25, 0.3) is 0 Å². The van der Waals surface area contributed by atoms with Crippen LogP contribution in [-0.2, 0) is 6.54 Å². The highest BCUT2D eigenvalue weighted by atomic mass is 35.5. The van der Waals surface area contributed by atoms with E-state index in [-0.39, 0.29) is 23.9 Å². The largest absolute Gasteiger partial charge is 0.399 e. The summed E-state index contributed by atoms with van der Waals surface area (Å²) in [5.74, 6) is -0.678. The zero-order chi connectivity index (χ0) is 16.9. The Bertz CT molecular complexity index is 725. The van der Waals surface area contributed by atoms with Gasteiger partial charge in [0.15, 0.2) is 0 Å². The van der Waals surface area contributed by atoms with Crippen molar-refractivity contribution in [2.45, 2.75) is 13.0 Å². The van der Waals surface area contributed by atoms with Crippen LogP contribution in [0.3, 0.4) is 0 Å². The highest BCUT2D eigenvalue weighted by molar-refractivity contribution is 5.94. The van der Waals surface area contributed by atoms with Crippen LogP contribution in [0.1, 0.15) is 22.3 Å². The van der Waals surface area contributed by atoms with Gasteiger partial charge in [0.1, 0.15) is 5.82 Å². The minimum atomic E-state index is -0.455. The molecule has 0 bridgehead atoms. The van der Waals surface area contributed by atoms with Gasteiger partial charge in [-0.2, -0.15) is 0 Å². The average molecular weight is 364 g/mol. The van der Waals surface area contributed by atoms with Crippen LogP contribution in [-0.4, -0.2) is 41.9 Å². The lowest BCUT2D eigenvalue weighted by Crippen LogP contribution is -2.35. The van der Waals surface area contributed by atoms with E-state index < -0.39 is 5.82 Å². The van der Waals surface area contributed by atoms with Crippen molar-refractivity contribution in [2.75, 3.05) is 31.9 Å². The molecule has 0 atom stereocenters. The van der Waals surface area contributed by atoms with E-state index >= 15 is 0 Å². The maximum absolute atomic E-state index is 13.8. The summed E-state index contributed by atoms with van der Waals surface area (Å²) in [6.45, 7) is 3.76. The minimum absolute atomic E-state index is 0. The summed E-state index contributed by atoms with van der Waals surface area (Å²) in [6.07, 6.45) is 0.877. The van der Waals surface area contributed by atoms with Crippen molar-refractivity contribution in [3.05, 3.63) is 65.5 Å². The van der Waals surface area contributed by atoms with Crippen LogP contribution < -0.4 is 5.73 Å². The number of carbonyl (C=O) groups is 1. The summed E-state index contributed by atoms with van der Waals surface area (Å²) in [4.78, 5) is 16.6. The molecule has 1 heterocycles. The van der Waals surface area contributed by atoms with Gasteiger partial charge in [0.2, 0.25) is 0 Å². The van der Waals surface area contributed by atoms with Gasteiger partial charge in [-0.25, -0.2) is 4.39 Å². The Hall–Kier alpha value is -2.11. The number of anilines is 1. The van der Waals surface area contributed by atoms with Gasteiger partial charge in [-0.05, 0) is 36.2 Å². The number of hydrogen-bond donors (Lipinski definition) is 1. The van der Waals surface area contributed by atoms with Crippen molar-refractivity contribution >= 4 is 24.0 Å². The molecule has 1 fully saturated rings. The molecule has 1 saturated heterocycles. The van der Waals surface area contributed by atoms with E-state index in [9.17, 15) is 9.18 Å². The lowest BCUT2D eigenvalue weighted by Gasteiger charge is -2.22. The lowest BCUT2D eigenvalue weighted by atomic mass is 10.2. The lowest BCUT2D eigenvalue weighted by molar-refractivity contribution is 0.0756. The number of benzene rings is 2. The number of hydrogen-bond acceptors (Lipinski definition) is 3. The van der Waals surface area contributed by atoms with Crippen molar-refractivity contribution in [3.63, 3.8) is 0 Å². The van der Waals surface area contributed by atoms with Crippen LogP contribution >= 0.6 is 12.4 Å². The number of carbonyl (C=O) groups excluding carboxylic acids is 1. The number of amides is 1. The Balaban J connectivity index is 0.00000225. The van der Waals surface area contributed by atoms with Crippen molar-refractivity contribution < 1.29 is 9.18 Å². The molecule has 0 spiro atoms. The van der Waals surface area contributed by atoms with Crippen LogP contribution in [0.5, 0.6) is 0 Å². The Morgan fingerprint density at radius 3 is 2.60 bits per heavy atom. The molecule has 0 radical (unpaired) electrons. The molecule has 3 rings (SSSR count). The van der Waals surface area contributed by atoms with Gasteiger partial charge in [0.25, 0.3) is 5.91 Å². The molecule has 1 amide bonds. The second-order valence-corrected chi connectivity index (χ2v) is 6.15. The van der Waals surface area contributed by atoms with Crippen molar-refractivity contribution in [3.8, 4) is 0 Å². The fraction of sp³-hybridized carbons (Fsp3) is 0.316. The summed E-state index contributed by atoms with van der Waals surface area (Å²) in [5.41, 5.74) is 7.92. The van der Waals surface area contributed by atoms with Crippen LogP contribution in [0.4, 0.5) is 10.1 Å². The van der Waals surface area contributed by atoms with E-state index in [1.165, 1.54) is 11.6 Å². The second-order valence-electron chi connectivity index (χ2n) is 6.15. The standard InChI is InChI=1S/C19H22FN3O.ClH/c20-18-8-2-1-7-17(18)19(24)23-10-4-9-22(11-12-23)14-15-5-3-6-16(21)13-15;/h1-3,5-8,13H,4,9-12,14,21H2;1H. The molecule has 1 aliphatic rings. The van der Waals surface area contributed by atoms with E-state index in [1.54, 1.807) is 23.1 Å². The first-order chi connectivity index (χ1) is 11.6. The van der Waals surface area contributed by atoms with Crippen LogP contribution in [0.15, 0.2) is 48.5 Å². The summed E-state index contributed by atoms with van der Waals surface area (Å²) in [7, 11) is 0. The molecule has 25 heavy (non-hydrogen) atoms. The highest BCUT2D eigenvalue weighted by Gasteiger charge is 2.22. The fourth-order valence-electron chi connectivity index (χ4n) is 3.09. The maximum atomic E-state index is 13.8. The number of nitrogen functional groups attached to an aromatic ring is 1. The molecule has 4 nitrogen and oxygen atoms in total. The smallest absolute Gasteiger partial charge is 0.256 e. The summed E-state index contributed by atoms with van der Waals surface area (Å²) in [5, 5.41) is 0. The van der Waals surface area contributed by atoms with E-state index in [4.69, 9.17) is 5.73 Å². The van der Waals surface area contributed by atoms with Crippen LogP contribution in [0.2, 0.25) is 0 Å². The van der Waals surface area contributed by atoms with Crippen molar-refractivity contribution in [1.82, 2.24) is 9.80 Å². The topological polar surface area (TPSA) is 49.6 Å². The first-order valence-electron chi connectivity index (χ1n) is 8.24. The molecular weight excluding hydrogens is 341 g/mol. The normalized spacial score (nSPS) is 15.3. The summed E-state index contributed by atoms with van der Waals surface area (Å²) in [6, 6.07) is 14.0. The third kappa shape index (κ3) is 4.94. The molecule has 0 unspecified atom stereocenters. The van der Waals surface area contributed by atoms with E-state index in [2.05, 4.69) is 11.0 Å². The number of rotatable bonds is 3. The van der Waals surface area contributed by atoms with Gasteiger partial charge in [0, 0.05) is 38.4 Å². The predicted octanol–water partition coefficient (Wildman–Crippen LogP) is 3.18. The maximum Gasteiger partial charge on any atom is 0.256 e. The fourth-order valence-corrected chi connectivity index (χ4v) is 3.09. The molecule has 2 aromatic carbocycles. The molecule has 0 aromatic heterocycles. The van der Waals surface area contributed by atoms with E-state index in [0.29, 0.717) is 13.1 Å². The number of nitrogens with zero attached hydrogens (tertiary/aromatic N) is 2. The Morgan fingerprint density at radius 1 is 1.04 bits per heavy atom. The molecule has 0 aliphatic carbocycles. The Kier molecular flexibility index (Phi) is 6.79. The van der Waals surface area contributed by atoms with Gasteiger partial charge in [-0.15, -0.1) is 12.4 Å². The monoisotopic (exact) mass is 363 g/mol. The van der Waals surface area contributed by atoms with E-state index in [0.717, 1.165) is 31.7 Å². The van der Waals surface area contributed by atoms with Gasteiger partial charge in [0.05, 0.1) is 5.56 Å². The third-order valence-electron chi connectivity index (χ3n) is 4.34. The average Bonchev–Trinajstić information content (AvgIpc) is 2.80. The molecule has 1 aliphatic heterocycles. The minimum Gasteiger partial charge on any atom is -0.399 e.